The minimum Gasteiger partial charge on any atom is -0.477 e. The number of carboxylic acid groups (broad SMARTS) is 1. The van der Waals surface area contributed by atoms with Gasteiger partial charge in [-0.25, -0.2) is 9.18 Å². The zero-order chi connectivity index (χ0) is 19.3. The monoisotopic (exact) mass is 374 g/mol. The van der Waals surface area contributed by atoms with E-state index in [1.165, 1.54) is 6.20 Å². The number of anilines is 2. The Balaban J connectivity index is 1.91. The first-order valence-electron chi connectivity index (χ1n) is 9.22. The molecule has 144 valence electrons. The molecule has 2 aliphatic rings. The molecule has 2 fully saturated rings. The Labute approximate surface area is 155 Å². The minimum atomic E-state index is -1.31. The van der Waals surface area contributed by atoms with Gasteiger partial charge in [-0.15, -0.1) is 0 Å². The van der Waals surface area contributed by atoms with Gasteiger partial charge >= 0.3 is 5.97 Å². The van der Waals surface area contributed by atoms with E-state index in [9.17, 15) is 19.1 Å². The number of hydrogen-bond acceptors (Lipinski definition) is 5. The lowest BCUT2D eigenvalue weighted by molar-refractivity contribution is 0.0695. The van der Waals surface area contributed by atoms with E-state index in [4.69, 9.17) is 5.73 Å². The number of carboxylic acids is 1. The van der Waals surface area contributed by atoms with Gasteiger partial charge in [0, 0.05) is 25.3 Å². The lowest BCUT2D eigenvalue weighted by Crippen LogP contribution is -2.26. The standard InChI is InChI=1S/C19H23FN4O3/c1-22-7-10-4-5-23(8-10)17-14(20)6-12-16(15(17)21)24(11-2-3-11)9-13(18(12)25)19(26)27/h6,9-11,22H,2-5,7-8,21H2,1H3,(H,26,27). The van der Waals surface area contributed by atoms with Crippen molar-refractivity contribution < 1.29 is 14.3 Å². The third-order valence-corrected chi connectivity index (χ3v) is 5.54. The Morgan fingerprint density at radius 1 is 1.41 bits per heavy atom. The van der Waals surface area contributed by atoms with E-state index in [-0.39, 0.29) is 22.7 Å². The summed E-state index contributed by atoms with van der Waals surface area (Å²) in [6.07, 6.45) is 4.07. The van der Waals surface area contributed by atoms with Gasteiger partial charge in [0.15, 0.2) is 0 Å². The van der Waals surface area contributed by atoms with Crippen molar-refractivity contribution in [3.8, 4) is 0 Å². The number of aromatic carboxylic acids is 1. The van der Waals surface area contributed by atoms with Gasteiger partial charge in [-0.05, 0) is 44.8 Å². The molecule has 0 spiro atoms. The normalized spacial score (nSPS) is 19.8. The maximum absolute atomic E-state index is 15.0. The van der Waals surface area contributed by atoms with Gasteiger partial charge in [0.2, 0.25) is 5.43 Å². The third kappa shape index (κ3) is 2.93. The first-order valence-corrected chi connectivity index (χ1v) is 9.22. The summed E-state index contributed by atoms with van der Waals surface area (Å²) in [6.45, 7) is 2.23. The first kappa shape index (κ1) is 17.8. The van der Waals surface area contributed by atoms with Crippen molar-refractivity contribution in [1.82, 2.24) is 9.88 Å². The first-order chi connectivity index (χ1) is 12.9. The number of hydrogen-bond donors (Lipinski definition) is 3. The number of pyridine rings is 1. The smallest absolute Gasteiger partial charge is 0.341 e. The van der Waals surface area contributed by atoms with Crippen LogP contribution in [-0.2, 0) is 0 Å². The summed E-state index contributed by atoms with van der Waals surface area (Å²) in [5.74, 6) is -1.48. The van der Waals surface area contributed by atoms with Crippen LogP contribution in [0.2, 0.25) is 0 Å². The van der Waals surface area contributed by atoms with E-state index in [1.807, 2.05) is 11.9 Å². The predicted octanol–water partition coefficient (Wildman–Crippen LogP) is 1.80. The summed E-state index contributed by atoms with van der Waals surface area (Å²) in [6, 6.07) is 1.25. The quantitative estimate of drug-likeness (QED) is 0.690. The fraction of sp³-hybridized carbons (Fsp3) is 0.474. The van der Waals surface area contributed by atoms with Gasteiger partial charge in [-0.3, -0.25) is 4.79 Å². The Morgan fingerprint density at radius 3 is 2.78 bits per heavy atom. The van der Waals surface area contributed by atoms with Crippen molar-refractivity contribution in [3.63, 3.8) is 0 Å². The summed E-state index contributed by atoms with van der Waals surface area (Å²) >= 11 is 0. The number of fused-ring (bicyclic) bond motifs is 1. The molecule has 8 heteroatoms. The van der Waals surface area contributed by atoms with Gasteiger partial charge in [0.05, 0.1) is 22.3 Å². The number of aromatic nitrogens is 1. The molecule has 1 aliphatic heterocycles. The third-order valence-electron chi connectivity index (χ3n) is 5.54. The number of nitrogens with zero attached hydrogens (tertiary/aromatic N) is 2. The van der Waals surface area contributed by atoms with Crippen molar-refractivity contribution in [1.29, 1.82) is 0 Å². The number of benzene rings is 1. The summed E-state index contributed by atoms with van der Waals surface area (Å²) in [7, 11) is 1.89. The largest absolute Gasteiger partial charge is 0.477 e. The maximum atomic E-state index is 15.0. The van der Waals surface area contributed by atoms with Crippen LogP contribution >= 0.6 is 0 Å². The van der Waals surface area contributed by atoms with Gasteiger partial charge < -0.3 is 25.6 Å². The van der Waals surface area contributed by atoms with E-state index in [0.717, 1.165) is 31.9 Å². The van der Waals surface area contributed by atoms with E-state index >= 15 is 0 Å². The molecule has 0 bridgehead atoms. The minimum absolute atomic E-state index is 0.0338. The van der Waals surface area contributed by atoms with Crippen molar-refractivity contribution in [2.75, 3.05) is 37.3 Å². The second kappa shape index (κ2) is 6.53. The van der Waals surface area contributed by atoms with E-state index in [1.54, 1.807) is 4.57 Å². The Kier molecular flexibility index (Phi) is 4.30. The molecule has 1 atom stereocenters. The molecule has 1 saturated carbocycles. The second-order valence-electron chi connectivity index (χ2n) is 7.49. The number of halogens is 1. The molecule has 1 saturated heterocycles. The predicted molar refractivity (Wildman–Crippen MR) is 102 cm³/mol. The molecule has 1 unspecified atom stereocenters. The number of rotatable bonds is 5. The summed E-state index contributed by atoms with van der Waals surface area (Å²) in [5.41, 5.74) is 6.31. The lowest BCUT2D eigenvalue weighted by atomic mass is 10.1. The molecule has 2 aromatic rings. The Bertz CT molecular complexity index is 983. The molecular formula is C19H23FN4O3. The van der Waals surface area contributed by atoms with Crippen molar-refractivity contribution in [3.05, 3.63) is 33.9 Å². The molecule has 1 aromatic heterocycles. The highest BCUT2D eigenvalue weighted by Crippen LogP contribution is 2.42. The molecule has 1 aromatic carbocycles. The Hall–Kier alpha value is -2.61. The van der Waals surface area contributed by atoms with Crippen LogP contribution in [0, 0.1) is 11.7 Å². The highest BCUT2D eigenvalue weighted by atomic mass is 19.1. The topological polar surface area (TPSA) is 101 Å². The SMILES string of the molecule is CNCC1CCN(c2c(F)cc3c(=O)c(C(=O)O)cn(C4CC4)c3c2N)C1. The van der Waals surface area contributed by atoms with Crippen molar-refractivity contribution >= 4 is 28.2 Å². The molecule has 4 N–H and O–H groups in total. The lowest BCUT2D eigenvalue weighted by Gasteiger charge is -2.24. The van der Waals surface area contributed by atoms with Crippen LogP contribution in [-0.4, -0.2) is 42.3 Å². The van der Waals surface area contributed by atoms with Gasteiger partial charge in [0.25, 0.3) is 0 Å². The van der Waals surface area contributed by atoms with Crippen LogP contribution in [0.4, 0.5) is 15.8 Å². The molecule has 7 nitrogen and oxygen atoms in total. The van der Waals surface area contributed by atoms with Crippen LogP contribution in [0.5, 0.6) is 0 Å². The van der Waals surface area contributed by atoms with Crippen LogP contribution < -0.4 is 21.4 Å². The molecule has 0 amide bonds. The number of nitrogens with one attached hydrogen (secondary N) is 1. The Morgan fingerprint density at radius 2 is 2.15 bits per heavy atom. The van der Waals surface area contributed by atoms with Gasteiger partial charge in [-0.1, -0.05) is 0 Å². The summed E-state index contributed by atoms with van der Waals surface area (Å²) < 4.78 is 16.7. The van der Waals surface area contributed by atoms with Crippen LogP contribution in [0.15, 0.2) is 17.1 Å². The van der Waals surface area contributed by atoms with Crippen LogP contribution in [0.1, 0.15) is 35.7 Å². The number of carbonyl (C=O) groups is 1. The van der Waals surface area contributed by atoms with Crippen molar-refractivity contribution in [2.45, 2.75) is 25.3 Å². The van der Waals surface area contributed by atoms with Crippen molar-refractivity contribution in [2.24, 2.45) is 5.92 Å². The molecule has 2 heterocycles. The highest BCUT2D eigenvalue weighted by molar-refractivity contribution is 6.00. The van der Waals surface area contributed by atoms with E-state index < -0.39 is 17.2 Å². The van der Waals surface area contributed by atoms with Crippen LogP contribution in [0.25, 0.3) is 10.9 Å². The van der Waals surface area contributed by atoms with Gasteiger partial charge in [0.1, 0.15) is 11.4 Å². The number of nitrogen functional groups attached to an aromatic ring is 1. The molecular weight excluding hydrogens is 351 g/mol. The molecule has 27 heavy (non-hydrogen) atoms. The molecule has 1 aliphatic carbocycles. The summed E-state index contributed by atoms with van der Waals surface area (Å²) in [5, 5.41) is 12.5. The maximum Gasteiger partial charge on any atom is 0.341 e. The van der Waals surface area contributed by atoms with Gasteiger partial charge in [-0.2, -0.15) is 0 Å². The average Bonchev–Trinajstić information content (AvgIpc) is 3.36. The zero-order valence-corrected chi connectivity index (χ0v) is 15.2. The fourth-order valence-electron chi connectivity index (χ4n) is 4.11. The fourth-order valence-corrected chi connectivity index (χ4v) is 4.11. The zero-order valence-electron chi connectivity index (χ0n) is 15.2. The number of nitrogens with two attached hydrogens (primary N) is 1. The van der Waals surface area contributed by atoms with E-state index in [0.29, 0.717) is 30.2 Å². The molecule has 4 rings (SSSR count). The highest BCUT2D eigenvalue weighted by Gasteiger charge is 2.31. The summed E-state index contributed by atoms with van der Waals surface area (Å²) in [4.78, 5) is 26.0. The average molecular weight is 374 g/mol. The molecule has 0 radical (unpaired) electrons. The van der Waals surface area contributed by atoms with E-state index in [2.05, 4.69) is 5.32 Å². The van der Waals surface area contributed by atoms with Crippen LogP contribution in [0.3, 0.4) is 0 Å². The second-order valence-corrected chi connectivity index (χ2v) is 7.49.